The Bertz CT molecular complexity index is 649. The van der Waals surface area contributed by atoms with Gasteiger partial charge < -0.3 is 9.64 Å². The first kappa shape index (κ1) is 15.4. The Morgan fingerprint density at radius 3 is 2.91 bits per heavy atom. The van der Waals surface area contributed by atoms with E-state index < -0.39 is 10.0 Å². The molecule has 0 aromatic carbocycles. The molecule has 2 aliphatic heterocycles. The Kier molecular flexibility index (Phi) is 4.16. The summed E-state index contributed by atoms with van der Waals surface area (Å²) >= 11 is 0. The second-order valence-electron chi connectivity index (χ2n) is 5.63. The molecule has 8 heteroatoms. The van der Waals surface area contributed by atoms with E-state index in [9.17, 15) is 13.2 Å². The van der Waals surface area contributed by atoms with E-state index >= 15 is 0 Å². The smallest absolute Gasteiger partial charge is 0.255 e. The Labute approximate surface area is 129 Å². The fourth-order valence-corrected chi connectivity index (χ4v) is 3.91. The standard InChI is InChI=1S/C14H19N3O4S/c1-22(19,20)16-6-4-13-12(10-16)17(7-8-21-13)14(18)11-3-2-5-15-9-11/h2-3,5,9,12-13H,4,6-8,10H2,1H3/t12-,13-/m0/s1. The minimum atomic E-state index is -3.26. The van der Waals surface area contributed by atoms with Crippen LogP contribution in [0.5, 0.6) is 0 Å². The van der Waals surface area contributed by atoms with Gasteiger partial charge in [-0.25, -0.2) is 8.42 Å². The first-order chi connectivity index (χ1) is 10.5. The molecule has 2 fully saturated rings. The van der Waals surface area contributed by atoms with Crippen molar-refractivity contribution in [2.75, 3.05) is 32.5 Å². The lowest BCUT2D eigenvalue weighted by molar-refractivity contribution is -0.0802. The number of amides is 1. The quantitative estimate of drug-likeness (QED) is 0.762. The molecule has 2 atom stereocenters. The van der Waals surface area contributed by atoms with E-state index in [1.165, 1.54) is 16.8 Å². The van der Waals surface area contributed by atoms with E-state index in [2.05, 4.69) is 4.98 Å². The van der Waals surface area contributed by atoms with Gasteiger partial charge in [-0.05, 0) is 18.6 Å². The number of sulfonamides is 1. The molecule has 0 aliphatic carbocycles. The fourth-order valence-electron chi connectivity index (χ4n) is 3.05. The maximum absolute atomic E-state index is 12.7. The van der Waals surface area contributed by atoms with Crippen molar-refractivity contribution in [3.63, 3.8) is 0 Å². The summed E-state index contributed by atoms with van der Waals surface area (Å²) in [5.74, 6) is -0.123. The van der Waals surface area contributed by atoms with Gasteiger partial charge in [0.05, 0.1) is 30.6 Å². The third kappa shape index (κ3) is 2.99. The Hall–Kier alpha value is -1.51. The van der Waals surface area contributed by atoms with Crippen LogP contribution in [0.3, 0.4) is 0 Å². The van der Waals surface area contributed by atoms with E-state index in [1.807, 2.05) is 0 Å². The molecule has 2 saturated heterocycles. The van der Waals surface area contributed by atoms with Crippen LogP contribution in [0, 0.1) is 0 Å². The number of nitrogens with zero attached hydrogens (tertiary/aromatic N) is 3. The van der Waals surface area contributed by atoms with Gasteiger partial charge in [0, 0.05) is 32.0 Å². The van der Waals surface area contributed by atoms with E-state index in [-0.39, 0.29) is 24.6 Å². The molecule has 3 rings (SSSR count). The number of carbonyl (C=O) groups excluding carboxylic acids is 1. The topological polar surface area (TPSA) is 79.8 Å². The average molecular weight is 325 g/mol. The van der Waals surface area contributed by atoms with Crippen molar-refractivity contribution in [3.8, 4) is 0 Å². The molecule has 0 N–H and O–H groups in total. The number of ether oxygens (including phenoxy) is 1. The molecular weight excluding hydrogens is 306 g/mol. The largest absolute Gasteiger partial charge is 0.374 e. The van der Waals surface area contributed by atoms with Crippen LogP contribution < -0.4 is 0 Å². The molecule has 3 heterocycles. The lowest BCUT2D eigenvalue weighted by atomic mass is 9.99. The highest BCUT2D eigenvalue weighted by Gasteiger charge is 2.41. The molecule has 0 bridgehead atoms. The number of piperidine rings is 1. The normalized spacial score (nSPS) is 26.5. The van der Waals surface area contributed by atoms with Crippen molar-refractivity contribution in [1.29, 1.82) is 0 Å². The maximum atomic E-state index is 12.7. The molecule has 1 aromatic rings. The average Bonchev–Trinajstić information content (AvgIpc) is 2.53. The van der Waals surface area contributed by atoms with Gasteiger partial charge in [-0.2, -0.15) is 4.31 Å². The highest BCUT2D eigenvalue weighted by atomic mass is 32.2. The van der Waals surface area contributed by atoms with Gasteiger partial charge in [-0.3, -0.25) is 9.78 Å². The van der Waals surface area contributed by atoms with Gasteiger partial charge in [0.15, 0.2) is 0 Å². The van der Waals surface area contributed by atoms with Gasteiger partial charge in [0.2, 0.25) is 10.0 Å². The van der Waals surface area contributed by atoms with Gasteiger partial charge >= 0.3 is 0 Å². The van der Waals surface area contributed by atoms with Crippen molar-refractivity contribution in [2.45, 2.75) is 18.6 Å². The Morgan fingerprint density at radius 2 is 2.23 bits per heavy atom. The SMILES string of the molecule is CS(=O)(=O)N1CC[C@@H]2OCCN(C(=O)c3cccnc3)[C@H]2C1. The predicted molar refractivity (Wildman–Crippen MR) is 79.8 cm³/mol. The highest BCUT2D eigenvalue weighted by Crippen LogP contribution is 2.25. The van der Waals surface area contributed by atoms with Crippen LogP contribution >= 0.6 is 0 Å². The molecule has 7 nitrogen and oxygen atoms in total. The highest BCUT2D eigenvalue weighted by molar-refractivity contribution is 7.88. The molecule has 0 saturated carbocycles. The second kappa shape index (κ2) is 5.94. The summed E-state index contributed by atoms with van der Waals surface area (Å²) < 4.78 is 30.7. The van der Waals surface area contributed by atoms with Crippen molar-refractivity contribution in [2.24, 2.45) is 0 Å². The summed E-state index contributed by atoms with van der Waals surface area (Å²) in [5, 5.41) is 0. The van der Waals surface area contributed by atoms with Crippen LogP contribution in [0.2, 0.25) is 0 Å². The number of aromatic nitrogens is 1. The zero-order valence-electron chi connectivity index (χ0n) is 12.4. The first-order valence-electron chi connectivity index (χ1n) is 7.24. The summed E-state index contributed by atoms with van der Waals surface area (Å²) in [4.78, 5) is 18.4. The zero-order chi connectivity index (χ0) is 15.7. The van der Waals surface area contributed by atoms with E-state index in [1.54, 1.807) is 23.2 Å². The number of hydrogen-bond acceptors (Lipinski definition) is 5. The molecule has 0 radical (unpaired) electrons. The molecule has 0 spiro atoms. The van der Waals surface area contributed by atoms with Crippen LogP contribution in [0.4, 0.5) is 0 Å². The molecule has 22 heavy (non-hydrogen) atoms. The number of pyridine rings is 1. The summed E-state index contributed by atoms with van der Waals surface area (Å²) in [6.45, 7) is 1.67. The second-order valence-corrected chi connectivity index (χ2v) is 7.61. The molecule has 2 aliphatic rings. The number of morpholine rings is 1. The van der Waals surface area contributed by atoms with Crippen molar-refractivity contribution in [1.82, 2.24) is 14.2 Å². The minimum Gasteiger partial charge on any atom is -0.374 e. The lowest BCUT2D eigenvalue weighted by Gasteiger charge is -2.46. The van der Waals surface area contributed by atoms with Crippen molar-refractivity contribution in [3.05, 3.63) is 30.1 Å². The van der Waals surface area contributed by atoms with E-state index in [0.29, 0.717) is 31.7 Å². The minimum absolute atomic E-state index is 0.104. The summed E-state index contributed by atoms with van der Waals surface area (Å²) in [6, 6.07) is 3.19. The van der Waals surface area contributed by atoms with Crippen LogP contribution in [0.1, 0.15) is 16.8 Å². The third-order valence-corrected chi connectivity index (χ3v) is 5.46. The van der Waals surface area contributed by atoms with Gasteiger partial charge in [0.1, 0.15) is 0 Å². The summed E-state index contributed by atoms with van der Waals surface area (Å²) in [5.41, 5.74) is 0.514. The number of rotatable bonds is 2. The summed E-state index contributed by atoms with van der Waals surface area (Å²) in [6.07, 6.45) is 4.85. The van der Waals surface area contributed by atoms with Crippen LogP contribution in [-0.4, -0.2) is 73.2 Å². The molecule has 1 amide bonds. The Balaban J connectivity index is 1.83. The van der Waals surface area contributed by atoms with Gasteiger partial charge in [-0.15, -0.1) is 0 Å². The van der Waals surface area contributed by atoms with Crippen molar-refractivity contribution >= 4 is 15.9 Å². The number of hydrogen-bond donors (Lipinski definition) is 0. The molecule has 1 aromatic heterocycles. The van der Waals surface area contributed by atoms with E-state index in [0.717, 1.165) is 0 Å². The van der Waals surface area contributed by atoms with Crippen LogP contribution in [0.25, 0.3) is 0 Å². The predicted octanol–water partition coefficient (Wildman–Crippen LogP) is -0.0435. The summed E-state index contributed by atoms with van der Waals surface area (Å²) in [7, 11) is -3.26. The fraction of sp³-hybridized carbons (Fsp3) is 0.571. The Morgan fingerprint density at radius 1 is 1.41 bits per heavy atom. The first-order valence-corrected chi connectivity index (χ1v) is 9.09. The van der Waals surface area contributed by atoms with Gasteiger partial charge in [-0.1, -0.05) is 0 Å². The molecule has 0 unspecified atom stereocenters. The van der Waals surface area contributed by atoms with Gasteiger partial charge in [0.25, 0.3) is 5.91 Å². The van der Waals surface area contributed by atoms with Crippen molar-refractivity contribution < 1.29 is 17.9 Å². The third-order valence-electron chi connectivity index (χ3n) is 4.19. The van der Waals surface area contributed by atoms with Crippen LogP contribution in [-0.2, 0) is 14.8 Å². The van der Waals surface area contributed by atoms with Crippen LogP contribution in [0.15, 0.2) is 24.5 Å². The monoisotopic (exact) mass is 325 g/mol. The van der Waals surface area contributed by atoms with E-state index in [4.69, 9.17) is 4.74 Å². The maximum Gasteiger partial charge on any atom is 0.255 e. The lowest BCUT2D eigenvalue weighted by Crippen LogP contribution is -2.62. The number of fused-ring (bicyclic) bond motifs is 1. The molecule has 120 valence electrons. The molecular formula is C14H19N3O4S. The number of carbonyl (C=O) groups is 1. The zero-order valence-corrected chi connectivity index (χ0v) is 13.2.